The molecule has 0 bridgehead atoms. The zero-order valence-electron chi connectivity index (χ0n) is 11.2. The third kappa shape index (κ3) is 3.22. The highest BCUT2D eigenvalue weighted by atomic mass is 16.2. The van der Waals surface area contributed by atoms with E-state index < -0.39 is 11.2 Å². The predicted molar refractivity (Wildman–Crippen MR) is 71.0 cm³/mol. The lowest BCUT2D eigenvalue weighted by Crippen LogP contribution is -2.36. The third-order valence-corrected chi connectivity index (χ3v) is 2.81. The first-order valence-electron chi connectivity index (χ1n) is 5.97. The van der Waals surface area contributed by atoms with Gasteiger partial charge in [0.15, 0.2) is 0 Å². The molecular formula is C12H15N5O3. The summed E-state index contributed by atoms with van der Waals surface area (Å²) in [6, 6.07) is 1.20. The van der Waals surface area contributed by atoms with Crippen LogP contribution in [0.1, 0.15) is 5.56 Å². The number of nitrogens with zero attached hydrogens (tertiary/aromatic N) is 4. The minimum atomic E-state index is -0.597. The second kappa shape index (κ2) is 5.55. The lowest BCUT2D eigenvalue weighted by Gasteiger charge is -2.16. The fraction of sp³-hybridized carbons (Fsp3) is 0.333. The van der Waals surface area contributed by atoms with Gasteiger partial charge < -0.3 is 4.90 Å². The summed E-state index contributed by atoms with van der Waals surface area (Å²) in [6.07, 6.45) is 4.79. The first kappa shape index (κ1) is 13.8. The molecule has 2 heterocycles. The predicted octanol–water partition coefficient (Wildman–Crippen LogP) is -1.07. The molecule has 1 N–H and O–H groups in total. The number of rotatable bonds is 4. The van der Waals surface area contributed by atoms with E-state index in [0.29, 0.717) is 6.54 Å². The molecule has 8 nitrogen and oxygen atoms in total. The number of aromatic amines is 1. The van der Waals surface area contributed by atoms with Crippen molar-refractivity contribution in [2.45, 2.75) is 13.1 Å². The molecule has 2 rings (SSSR count). The van der Waals surface area contributed by atoms with Gasteiger partial charge in [0, 0.05) is 44.7 Å². The average molecular weight is 277 g/mol. The summed E-state index contributed by atoms with van der Waals surface area (Å²) in [7, 11) is 3.44. The van der Waals surface area contributed by atoms with E-state index in [1.54, 1.807) is 25.0 Å². The SMILES string of the molecule is CN(Cc1cnn(C)c1)C(=O)Cn1ccc(=O)[nH]c1=O. The van der Waals surface area contributed by atoms with Gasteiger partial charge >= 0.3 is 5.69 Å². The first-order chi connectivity index (χ1) is 9.45. The van der Waals surface area contributed by atoms with Crippen molar-refractivity contribution in [3.05, 3.63) is 51.1 Å². The molecule has 0 saturated carbocycles. The fourth-order valence-corrected chi connectivity index (χ4v) is 1.75. The number of H-pyrrole nitrogens is 1. The maximum Gasteiger partial charge on any atom is 0.328 e. The first-order valence-corrected chi connectivity index (χ1v) is 5.97. The number of aromatic nitrogens is 4. The van der Waals surface area contributed by atoms with Gasteiger partial charge in [0.1, 0.15) is 6.54 Å². The highest BCUT2D eigenvalue weighted by Crippen LogP contribution is 2.01. The monoisotopic (exact) mass is 277 g/mol. The Kier molecular flexibility index (Phi) is 3.83. The molecular weight excluding hydrogens is 262 g/mol. The van der Waals surface area contributed by atoms with Crippen LogP contribution in [0.3, 0.4) is 0 Å². The van der Waals surface area contributed by atoms with E-state index in [1.807, 2.05) is 6.20 Å². The molecule has 0 fully saturated rings. The summed E-state index contributed by atoms with van der Waals surface area (Å²) < 4.78 is 2.81. The van der Waals surface area contributed by atoms with Gasteiger partial charge in [-0.2, -0.15) is 5.10 Å². The number of likely N-dealkylation sites (N-methyl/N-ethyl adjacent to an activating group) is 1. The summed E-state index contributed by atoms with van der Waals surface area (Å²) in [5.41, 5.74) is -0.180. The van der Waals surface area contributed by atoms with E-state index in [1.165, 1.54) is 17.2 Å². The second-order valence-corrected chi connectivity index (χ2v) is 4.51. The Morgan fingerprint density at radius 3 is 2.80 bits per heavy atom. The normalized spacial score (nSPS) is 10.5. The molecule has 0 aliphatic rings. The van der Waals surface area contributed by atoms with Crippen LogP contribution in [0.15, 0.2) is 34.2 Å². The summed E-state index contributed by atoms with van der Waals surface area (Å²) in [5, 5.41) is 4.02. The van der Waals surface area contributed by atoms with E-state index in [0.717, 1.165) is 10.1 Å². The lowest BCUT2D eigenvalue weighted by atomic mass is 10.3. The number of hydrogen-bond acceptors (Lipinski definition) is 4. The van der Waals surface area contributed by atoms with Gasteiger partial charge in [0.2, 0.25) is 5.91 Å². The zero-order chi connectivity index (χ0) is 14.7. The Morgan fingerprint density at radius 1 is 1.45 bits per heavy atom. The van der Waals surface area contributed by atoms with E-state index in [9.17, 15) is 14.4 Å². The van der Waals surface area contributed by atoms with Crippen LogP contribution in [0.5, 0.6) is 0 Å². The van der Waals surface area contributed by atoms with Crippen LogP contribution in [0.25, 0.3) is 0 Å². The van der Waals surface area contributed by atoms with Crippen molar-refractivity contribution in [2.75, 3.05) is 7.05 Å². The van der Waals surface area contributed by atoms with Gasteiger partial charge in [-0.05, 0) is 0 Å². The van der Waals surface area contributed by atoms with Crippen LogP contribution in [0.2, 0.25) is 0 Å². The van der Waals surface area contributed by atoms with Crippen molar-refractivity contribution in [3.63, 3.8) is 0 Å². The van der Waals surface area contributed by atoms with Gasteiger partial charge in [0.05, 0.1) is 6.20 Å². The van der Waals surface area contributed by atoms with Crippen molar-refractivity contribution in [3.8, 4) is 0 Å². The third-order valence-electron chi connectivity index (χ3n) is 2.81. The summed E-state index contributed by atoms with van der Waals surface area (Å²) in [6.45, 7) is 0.289. The quantitative estimate of drug-likeness (QED) is 0.770. The highest BCUT2D eigenvalue weighted by molar-refractivity contribution is 5.75. The van der Waals surface area contributed by atoms with Gasteiger partial charge in [0.25, 0.3) is 5.56 Å². The molecule has 20 heavy (non-hydrogen) atoms. The molecule has 1 amide bonds. The Balaban J connectivity index is 2.04. The lowest BCUT2D eigenvalue weighted by molar-refractivity contribution is -0.131. The topological polar surface area (TPSA) is 93.0 Å². The van der Waals surface area contributed by atoms with E-state index in [2.05, 4.69) is 10.1 Å². The number of hydrogen-bond donors (Lipinski definition) is 1. The minimum Gasteiger partial charge on any atom is -0.340 e. The van der Waals surface area contributed by atoms with Gasteiger partial charge in [-0.25, -0.2) is 4.79 Å². The second-order valence-electron chi connectivity index (χ2n) is 4.51. The Hall–Kier alpha value is -2.64. The van der Waals surface area contributed by atoms with Crippen molar-refractivity contribution in [1.82, 2.24) is 24.2 Å². The van der Waals surface area contributed by atoms with Gasteiger partial charge in [-0.15, -0.1) is 0 Å². The van der Waals surface area contributed by atoms with Crippen LogP contribution >= 0.6 is 0 Å². The zero-order valence-corrected chi connectivity index (χ0v) is 11.2. The number of amides is 1. The van der Waals surface area contributed by atoms with Crippen LogP contribution in [-0.2, 0) is 24.9 Å². The van der Waals surface area contributed by atoms with E-state index >= 15 is 0 Å². The number of aryl methyl sites for hydroxylation is 1. The fourth-order valence-electron chi connectivity index (χ4n) is 1.75. The Labute approximate surface area is 114 Å². The standard InChI is InChI=1S/C12H15N5O3/c1-15(6-9-5-13-16(2)7-9)11(19)8-17-4-3-10(18)14-12(17)20/h3-5,7H,6,8H2,1-2H3,(H,14,18,20). The van der Waals surface area contributed by atoms with Crippen LogP contribution < -0.4 is 11.2 Å². The molecule has 0 unspecified atom stereocenters. The molecule has 106 valence electrons. The molecule has 8 heteroatoms. The molecule has 0 radical (unpaired) electrons. The van der Waals surface area contributed by atoms with E-state index in [4.69, 9.17) is 0 Å². The molecule has 0 saturated heterocycles. The highest BCUT2D eigenvalue weighted by Gasteiger charge is 2.11. The average Bonchev–Trinajstić information content (AvgIpc) is 2.78. The minimum absolute atomic E-state index is 0.119. The number of carbonyl (C=O) groups excluding carboxylic acids is 1. The summed E-state index contributed by atoms with van der Waals surface area (Å²) in [5.74, 6) is -0.233. The summed E-state index contributed by atoms with van der Waals surface area (Å²) in [4.78, 5) is 38.0. The van der Waals surface area contributed by atoms with Gasteiger partial charge in [-0.3, -0.25) is 23.8 Å². The molecule has 2 aromatic rings. The number of nitrogens with one attached hydrogen (secondary N) is 1. The van der Waals surface area contributed by atoms with Crippen LogP contribution in [-0.4, -0.2) is 37.2 Å². The molecule has 0 aromatic carbocycles. The van der Waals surface area contributed by atoms with Gasteiger partial charge in [-0.1, -0.05) is 0 Å². The molecule has 2 aromatic heterocycles. The molecule has 0 spiro atoms. The smallest absolute Gasteiger partial charge is 0.328 e. The Morgan fingerprint density at radius 2 is 2.20 bits per heavy atom. The largest absolute Gasteiger partial charge is 0.340 e. The summed E-state index contributed by atoms with van der Waals surface area (Å²) >= 11 is 0. The molecule has 0 atom stereocenters. The maximum atomic E-state index is 12.0. The van der Waals surface area contributed by atoms with Crippen LogP contribution in [0, 0.1) is 0 Å². The van der Waals surface area contributed by atoms with Crippen molar-refractivity contribution < 1.29 is 4.79 Å². The Bertz CT molecular complexity index is 727. The maximum absolute atomic E-state index is 12.0. The number of carbonyl (C=O) groups is 1. The van der Waals surface area contributed by atoms with Crippen molar-refractivity contribution in [2.24, 2.45) is 7.05 Å². The van der Waals surface area contributed by atoms with Crippen molar-refractivity contribution >= 4 is 5.91 Å². The molecule has 0 aliphatic heterocycles. The van der Waals surface area contributed by atoms with Crippen LogP contribution in [0.4, 0.5) is 0 Å². The van der Waals surface area contributed by atoms with Crippen molar-refractivity contribution in [1.29, 1.82) is 0 Å². The molecule has 0 aliphatic carbocycles. The van der Waals surface area contributed by atoms with E-state index in [-0.39, 0.29) is 12.5 Å².